The van der Waals surface area contributed by atoms with Crippen LogP contribution in [0, 0.1) is 0 Å². The molecule has 4 heteroatoms. The van der Waals surface area contributed by atoms with Crippen molar-refractivity contribution >= 4 is 5.91 Å². The highest BCUT2D eigenvalue weighted by Crippen LogP contribution is 2.26. The molecule has 0 spiro atoms. The number of pyridine rings is 1. The molecule has 1 aromatic heterocycles. The first-order valence-electron chi connectivity index (χ1n) is 6.08. The molecule has 1 saturated heterocycles. The van der Waals surface area contributed by atoms with Crippen molar-refractivity contribution in [3.05, 3.63) is 24.0 Å². The normalized spacial score (nSPS) is 24.7. The molecular formula is C13H18N2O2. The van der Waals surface area contributed by atoms with E-state index in [0.29, 0.717) is 0 Å². The maximum atomic E-state index is 12.3. The van der Waals surface area contributed by atoms with Crippen LogP contribution in [-0.4, -0.2) is 33.0 Å². The molecule has 0 bridgehead atoms. The summed E-state index contributed by atoms with van der Waals surface area (Å²) < 4.78 is 0. The number of likely N-dealkylation sites (tertiary alicyclic amines) is 1. The van der Waals surface area contributed by atoms with Crippen molar-refractivity contribution in [3.63, 3.8) is 0 Å². The molecule has 1 N–H and O–H groups in total. The van der Waals surface area contributed by atoms with Gasteiger partial charge >= 0.3 is 0 Å². The van der Waals surface area contributed by atoms with E-state index < -0.39 is 0 Å². The lowest BCUT2D eigenvalue weighted by molar-refractivity contribution is 0.0501. The fraction of sp³-hybridized carbons (Fsp3) is 0.538. The van der Waals surface area contributed by atoms with Gasteiger partial charge in [-0.3, -0.25) is 4.79 Å². The van der Waals surface area contributed by atoms with Gasteiger partial charge in [-0.05, 0) is 45.2 Å². The number of carbonyl (C=O) groups excluding carboxylic acids is 1. The SMILES string of the molecule is CC1CCCC(C)N1C(=O)c1ncccc1O. The largest absolute Gasteiger partial charge is 0.505 e. The van der Waals surface area contributed by atoms with Crippen LogP contribution in [0.25, 0.3) is 0 Å². The van der Waals surface area contributed by atoms with Gasteiger partial charge in [-0.15, -0.1) is 0 Å². The van der Waals surface area contributed by atoms with Gasteiger partial charge in [0.2, 0.25) is 0 Å². The Hall–Kier alpha value is -1.58. The molecule has 1 aromatic rings. The van der Waals surface area contributed by atoms with Crippen molar-refractivity contribution in [1.29, 1.82) is 0 Å². The molecule has 92 valence electrons. The highest BCUT2D eigenvalue weighted by molar-refractivity contribution is 5.95. The van der Waals surface area contributed by atoms with Gasteiger partial charge < -0.3 is 10.0 Å². The van der Waals surface area contributed by atoms with Crippen LogP contribution in [0.3, 0.4) is 0 Å². The van der Waals surface area contributed by atoms with E-state index in [0.717, 1.165) is 19.3 Å². The molecule has 2 unspecified atom stereocenters. The van der Waals surface area contributed by atoms with Crippen molar-refractivity contribution < 1.29 is 9.90 Å². The molecule has 1 aliphatic rings. The third kappa shape index (κ3) is 2.25. The average molecular weight is 234 g/mol. The summed E-state index contributed by atoms with van der Waals surface area (Å²) in [6.45, 7) is 4.10. The third-order valence-corrected chi connectivity index (χ3v) is 3.42. The molecule has 17 heavy (non-hydrogen) atoms. The van der Waals surface area contributed by atoms with E-state index in [1.165, 1.54) is 12.3 Å². The highest BCUT2D eigenvalue weighted by Gasteiger charge is 2.31. The summed E-state index contributed by atoms with van der Waals surface area (Å²) in [6.07, 6.45) is 4.72. The van der Waals surface area contributed by atoms with Crippen LogP contribution in [0.15, 0.2) is 18.3 Å². The molecule has 0 saturated carbocycles. The van der Waals surface area contributed by atoms with Crippen molar-refractivity contribution in [2.24, 2.45) is 0 Å². The van der Waals surface area contributed by atoms with Crippen LogP contribution < -0.4 is 0 Å². The molecule has 0 aromatic carbocycles. The minimum absolute atomic E-state index is 0.0394. The quantitative estimate of drug-likeness (QED) is 0.810. The number of piperidine rings is 1. The van der Waals surface area contributed by atoms with Gasteiger partial charge in [0.05, 0.1) is 0 Å². The average Bonchev–Trinajstić information content (AvgIpc) is 2.29. The van der Waals surface area contributed by atoms with Gasteiger partial charge in [-0.2, -0.15) is 0 Å². The Kier molecular flexibility index (Phi) is 3.31. The number of nitrogens with zero attached hydrogens (tertiary/aromatic N) is 2. The van der Waals surface area contributed by atoms with Crippen LogP contribution in [0.2, 0.25) is 0 Å². The zero-order valence-corrected chi connectivity index (χ0v) is 10.3. The van der Waals surface area contributed by atoms with Crippen LogP contribution in [0.1, 0.15) is 43.6 Å². The first kappa shape index (κ1) is 11.9. The summed E-state index contributed by atoms with van der Waals surface area (Å²) in [5, 5.41) is 9.67. The Bertz CT molecular complexity index is 410. The molecule has 2 atom stereocenters. The smallest absolute Gasteiger partial charge is 0.276 e. The lowest BCUT2D eigenvalue weighted by Crippen LogP contribution is -2.47. The Morgan fingerprint density at radius 2 is 2.06 bits per heavy atom. The number of hydrogen-bond donors (Lipinski definition) is 1. The maximum absolute atomic E-state index is 12.3. The van der Waals surface area contributed by atoms with E-state index in [2.05, 4.69) is 4.98 Å². The molecule has 0 radical (unpaired) electrons. The molecule has 2 heterocycles. The highest BCUT2D eigenvalue weighted by atomic mass is 16.3. The van der Waals surface area contributed by atoms with Gasteiger partial charge in [0.15, 0.2) is 5.69 Å². The first-order valence-corrected chi connectivity index (χ1v) is 6.08. The summed E-state index contributed by atoms with van der Waals surface area (Å²) >= 11 is 0. The minimum Gasteiger partial charge on any atom is -0.505 e. The van der Waals surface area contributed by atoms with E-state index in [9.17, 15) is 9.90 Å². The maximum Gasteiger partial charge on any atom is 0.276 e. The predicted octanol–water partition coefficient (Wildman–Crippen LogP) is 2.19. The lowest BCUT2D eigenvalue weighted by Gasteiger charge is -2.38. The number of amides is 1. The van der Waals surface area contributed by atoms with Crippen LogP contribution in [-0.2, 0) is 0 Å². The van der Waals surface area contributed by atoms with Crippen LogP contribution in [0.5, 0.6) is 5.75 Å². The van der Waals surface area contributed by atoms with Crippen LogP contribution in [0.4, 0.5) is 0 Å². The second kappa shape index (κ2) is 4.73. The second-order valence-corrected chi connectivity index (χ2v) is 4.71. The first-order chi connectivity index (χ1) is 8.11. The van der Waals surface area contributed by atoms with E-state index in [1.54, 1.807) is 6.07 Å². The Morgan fingerprint density at radius 3 is 2.65 bits per heavy atom. The number of rotatable bonds is 1. The lowest BCUT2D eigenvalue weighted by atomic mass is 9.97. The van der Waals surface area contributed by atoms with Crippen LogP contribution >= 0.6 is 0 Å². The summed E-state index contributed by atoms with van der Waals surface area (Å²) in [5.74, 6) is -0.203. The monoisotopic (exact) mass is 234 g/mol. The molecule has 1 amide bonds. The van der Waals surface area contributed by atoms with Crippen molar-refractivity contribution in [2.45, 2.75) is 45.2 Å². The van der Waals surface area contributed by atoms with E-state index >= 15 is 0 Å². The number of carbonyl (C=O) groups is 1. The summed E-state index contributed by atoms with van der Waals surface area (Å²) in [6, 6.07) is 3.55. The molecule has 2 rings (SSSR count). The third-order valence-electron chi connectivity index (χ3n) is 3.42. The zero-order chi connectivity index (χ0) is 12.4. The van der Waals surface area contributed by atoms with E-state index in [1.807, 2.05) is 18.7 Å². The number of aromatic hydroxyl groups is 1. The van der Waals surface area contributed by atoms with Gasteiger partial charge in [0.25, 0.3) is 5.91 Å². The number of hydrogen-bond acceptors (Lipinski definition) is 3. The molecule has 4 nitrogen and oxygen atoms in total. The molecule has 1 aliphatic heterocycles. The van der Waals surface area contributed by atoms with Gasteiger partial charge in [0.1, 0.15) is 5.75 Å². The fourth-order valence-electron chi connectivity index (χ4n) is 2.51. The summed E-state index contributed by atoms with van der Waals surface area (Å²) in [4.78, 5) is 18.2. The Morgan fingerprint density at radius 1 is 1.41 bits per heavy atom. The Labute approximate surface area is 101 Å². The molecule has 1 fully saturated rings. The Balaban J connectivity index is 2.27. The van der Waals surface area contributed by atoms with Crippen molar-refractivity contribution in [2.75, 3.05) is 0 Å². The second-order valence-electron chi connectivity index (χ2n) is 4.71. The van der Waals surface area contributed by atoms with Gasteiger partial charge in [0, 0.05) is 18.3 Å². The number of aromatic nitrogens is 1. The molecular weight excluding hydrogens is 216 g/mol. The zero-order valence-electron chi connectivity index (χ0n) is 10.3. The van der Waals surface area contributed by atoms with E-state index in [4.69, 9.17) is 0 Å². The minimum atomic E-state index is -0.164. The van der Waals surface area contributed by atoms with E-state index in [-0.39, 0.29) is 29.4 Å². The molecule has 0 aliphatic carbocycles. The van der Waals surface area contributed by atoms with Gasteiger partial charge in [-0.1, -0.05) is 0 Å². The summed E-state index contributed by atoms with van der Waals surface area (Å²) in [5.41, 5.74) is 0.160. The summed E-state index contributed by atoms with van der Waals surface area (Å²) in [7, 11) is 0. The standard InChI is InChI=1S/C13H18N2O2/c1-9-5-3-6-10(2)15(9)13(17)12-11(16)7-4-8-14-12/h4,7-10,16H,3,5-6H2,1-2H3. The van der Waals surface area contributed by atoms with Crippen molar-refractivity contribution in [3.8, 4) is 5.75 Å². The topological polar surface area (TPSA) is 53.4 Å². The van der Waals surface area contributed by atoms with Crippen molar-refractivity contribution in [1.82, 2.24) is 9.88 Å². The van der Waals surface area contributed by atoms with Gasteiger partial charge in [-0.25, -0.2) is 4.98 Å². The predicted molar refractivity (Wildman–Crippen MR) is 64.8 cm³/mol. The fourth-order valence-corrected chi connectivity index (χ4v) is 2.51.